The molecule has 3 aliphatic rings. The van der Waals surface area contributed by atoms with Gasteiger partial charge in [-0.1, -0.05) is 0 Å². The number of ether oxygens (including phenoxy) is 4. The standard InChI is InChI=1S/C14H24O4S/c1-2-15-12-7-11(13-9-17-14(12)18-13)16-8-10-3-5-19-6-4-10/h10-14H,2-9H2,1H3/t11-,12+,13+,14+/m0/s1. The summed E-state index contributed by atoms with van der Waals surface area (Å²) in [7, 11) is 0. The zero-order valence-electron chi connectivity index (χ0n) is 11.6. The van der Waals surface area contributed by atoms with Crippen LogP contribution in [0.1, 0.15) is 26.2 Å². The first-order valence-corrected chi connectivity index (χ1v) is 8.60. The molecule has 110 valence electrons. The quantitative estimate of drug-likeness (QED) is 0.774. The Kier molecular flexibility index (Phi) is 5.03. The van der Waals surface area contributed by atoms with E-state index in [-0.39, 0.29) is 24.6 Å². The average Bonchev–Trinajstić information content (AvgIpc) is 2.87. The van der Waals surface area contributed by atoms with E-state index >= 15 is 0 Å². The number of rotatable bonds is 5. The van der Waals surface area contributed by atoms with E-state index in [1.807, 2.05) is 6.92 Å². The molecule has 4 nitrogen and oxygen atoms in total. The van der Waals surface area contributed by atoms with Crippen molar-refractivity contribution in [3.05, 3.63) is 0 Å². The highest BCUT2D eigenvalue weighted by atomic mass is 32.2. The molecule has 5 heteroatoms. The second-order valence-corrected chi connectivity index (χ2v) is 6.76. The Hall–Kier alpha value is 0.190. The molecule has 19 heavy (non-hydrogen) atoms. The van der Waals surface area contributed by atoms with Gasteiger partial charge in [-0.3, -0.25) is 0 Å². The minimum atomic E-state index is -0.170. The molecular formula is C14H24O4S. The van der Waals surface area contributed by atoms with Crippen molar-refractivity contribution in [2.75, 3.05) is 31.3 Å². The molecule has 4 atom stereocenters. The van der Waals surface area contributed by atoms with E-state index in [1.165, 1.54) is 24.3 Å². The molecule has 0 radical (unpaired) electrons. The van der Waals surface area contributed by atoms with E-state index in [4.69, 9.17) is 18.9 Å². The van der Waals surface area contributed by atoms with Crippen LogP contribution in [0, 0.1) is 5.92 Å². The van der Waals surface area contributed by atoms with Crippen LogP contribution < -0.4 is 0 Å². The minimum absolute atomic E-state index is 0.0376. The van der Waals surface area contributed by atoms with Crippen molar-refractivity contribution >= 4 is 11.8 Å². The lowest BCUT2D eigenvalue weighted by atomic mass is 10.0. The lowest BCUT2D eigenvalue weighted by Gasteiger charge is -2.34. The Balaban J connectivity index is 1.49. The summed E-state index contributed by atoms with van der Waals surface area (Å²) in [6.07, 6.45) is 3.61. The van der Waals surface area contributed by atoms with Gasteiger partial charge in [0.15, 0.2) is 6.29 Å². The van der Waals surface area contributed by atoms with Crippen LogP contribution in [0.5, 0.6) is 0 Å². The maximum atomic E-state index is 6.13. The highest BCUT2D eigenvalue weighted by molar-refractivity contribution is 7.99. The second-order valence-electron chi connectivity index (χ2n) is 5.53. The number of hydrogen-bond acceptors (Lipinski definition) is 5. The second kappa shape index (κ2) is 6.76. The molecule has 0 N–H and O–H groups in total. The summed E-state index contributed by atoms with van der Waals surface area (Å²) in [5, 5.41) is 0. The number of thioether (sulfide) groups is 1. The van der Waals surface area contributed by atoms with Gasteiger partial charge in [-0.15, -0.1) is 0 Å². The third kappa shape index (κ3) is 3.45. The van der Waals surface area contributed by atoms with Gasteiger partial charge in [-0.2, -0.15) is 11.8 Å². The first-order valence-electron chi connectivity index (χ1n) is 7.45. The fourth-order valence-electron chi connectivity index (χ4n) is 3.03. The first-order chi connectivity index (χ1) is 9.36. The topological polar surface area (TPSA) is 36.9 Å². The van der Waals surface area contributed by atoms with Gasteiger partial charge in [0.2, 0.25) is 0 Å². The van der Waals surface area contributed by atoms with Crippen molar-refractivity contribution in [1.29, 1.82) is 0 Å². The zero-order valence-corrected chi connectivity index (χ0v) is 12.4. The highest BCUT2D eigenvalue weighted by Crippen LogP contribution is 2.32. The van der Waals surface area contributed by atoms with Gasteiger partial charge < -0.3 is 18.9 Å². The molecular weight excluding hydrogens is 264 g/mol. The Morgan fingerprint density at radius 2 is 2.00 bits per heavy atom. The van der Waals surface area contributed by atoms with Gasteiger partial charge >= 0.3 is 0 Å². The van der Waals surface area contributed by atoms with E-state index in [1.54, 1.807) is 0 Å². The van der Waals surface area contributed by atoms with Crippen molar-refractivity contribution in [2.24, 2.45) is 5.92 Å². The Labute approximate surface area is 119 Å². The van der Waals surface area contributed by atoms with Crippen LogP contribution in [0.25, 0.3) is 0 Å². The normalized spacial score (nSPS) is 39.6. The van der Waals surface area contributed by atoms with Crippen molar-refractivity contribution in [3.8, 4) is 0 Å². The monoisotopic (exact) mass is 288 g/mol. The molecule has 0 aromatic carbocycles. The summed E-state index contributed by atoms with van der Waals surface area (Å²) in [5.41, 5.74) is 0. The summed E-state index contributed by atoms with van der Waals surface area (Å²) in [5.74, 6) is 3.29. The van der Waals surface area contributed by atoms with Crippen LogP contribution in [-0.2, 0) is 18.9 Å². The molecule has 0 aromatic heterocycles. The fraction of sp³-hybridized carbons (Fsp3) is 1.00. The molecule has 0 spiro atoms. The van der Waals surface area contributed by atoms with Gasteiger partial charge in [0, 0.05) is 19.6 Å². The van der Waals surface area contributed by atoms with Crippen molar-refractivity contribution < 1.29 is 18.9 Å². The zero-order chi connectivity index (χ0) is 13.1. The SMILES string of the molecule is CCO[C@@H]1C[C@H](OCC2CCSCC2)[C@H]2CO[C@@H]1O2. The molecule has 0 unspecified atom stereocenters. The molecule has 3 fully saturated rings. The summed E-state index contributed by atoms with van der Waals surface area (Å²) < 4.78 is 23.3. The molecule has 0 aliphatic carbocycles. The Morgan fingerprint density at radius 1 is 1.16 bits per heavy atom. The molecule has 2 bridgehead atoms. The van der Waals surface area contributed by atoms with Gasteiger partial charge in [0.25, 0.3) is 0 Å². The first kappa shape index (κ1) is 14.1. The third-order valence-electron chi connectivity index (χ3n) is 4.18. The van der Waals surface area contributed by atoms with E-state index in [0.717, 1.165) is 18.9 Å². The predicted octanol–water partition coefficient (Wildman–Crippen LogP) is 2.07. The van der Waals surface area contributed by atoms with Gasteiger partial charge in [-0.25, -0.2) is 0 Å². The molecule has 0 saturated carbocycles. The Bertz CT molecular complexity index is 283. The smallest absolute Gasteiger partial charge is 0.184 e. The summed E-state index contributed by atoms with van der Waals surface area (Å²) in [4.78, 5) is 0. The number of hydrogen-bond donors (Lipinski definition) is 0. The summed E-state index contributed by atoms with van der Waals surface area (Å²) >= 11 is 2.06. The molecule has 0 amide bonds. The van der Waals surface area contributed by atoms with Crippen molar-refractivity contribution in [3.63, 3.8) is 0 Å². The van der Waals surface area contributed by atoms with Crippen LogP contribution in [0.3, 0.4) is 0 Å². The van der Waals surface area contributed by atoms with Crippen molar-refractivity contribution in [1.82, 2.24) is 0 Å². The molecule has 0 aromatic rings. The van der Waals surface area contributed by atoms with Crippen LogP contribution in [-0.4, -0.2) is 55.9 Å². The maximum Gasteiger partial charge on any atom is 0.184 e. The van der Waals surface area contributed by atoms with E-state index in [2.05, 4.69) is 11.8 Å². The highest BCUT2D eigenvalue weighted by Gasteiger charge is 2.45. The molecule has 3 rings (SSSR count). The third-order valence-corrected chi connectivity index (χ3v) is 5.23. The van der Waals surface area contributed by atoms with Crippen molar-refractivity contribution in [2.45, 2.75) is 50.8 Å². The van der Waals surface area contributed by atoms with Crippen LogP contribution in [0.4, 0.5) is 0 Å². The summed E-state index contributed by atoms with van der Waals surface area (Å²) in [6.45, 7) is 4.23. The Morgan fingerprint density at radius 3 is 2.79 bits per heavy atom. The van der Waals surface area contributed by atoms with Gasteiger partial charge in [0.1, 0.15) is 12.2 Å². The van der Waals surface area contributed by atoms with Gasteiger partial charge in [-0.05, 0) is 37.2 Å². The fourth-order valence-corrected chi connectivity index (χ4v) is 4.24. The van der Waals surface area contributed by atoms with E-state index < -0.39 is 0 Å². The average molecular weight is 288 g/mol. The molecule has 3 heterocycles. The maximum absolute atomic E-state index is 6.13. The molecule has 3 aliphatic heterocycles. The minimum Gasteiger partial charge on any atom is -0.375 e. The lowest BCUT2D eigenvalue weighted by Crippen LogP contribution is -2.45. The van der Waals surface area contributed by atoms with Crippen LogP contribution >= 0.6 is 11.8 Å². The van der Waals surface area contributed by atoms with Crippen LogP contribution in [0.2, 0.25) is 0 Å². The predicted molar refractivity (Wildman–Crippen MR) is 74.4 cm³/mol. The van der Waals surface area contributed by atoms with E-state index in [9.17, 15) is 0 Å². The van der Waals surface area contributed by atoms with Crippen LogP contribution in [0.15, 0.2) is 0 Å². The lowest BCUT2D eigenvalue weighted by molar-refractivity contribution is -0.206. The summed E-state index contributed by atoms with van der Waals surface area (Å²) in [6, 6.07) is 0. The largest absolute Gasteiger partial charge is 0.375 e. The van der Waals surface area contributed by atoms with Gasteiger partial charge in [0.05, 0.1) is 12.7 Å². The molecule has 3 saturated heterocycles. The number of fused-ring (bicyclic) bond motifs is 2. The van der Waals surface area contributed by atoms with E-state index in [0.29, 0.717) is 13.2 Å².